The first-order valence-electron chi connectivity index (χ1n) is 10.7. The molecule has 0 spiro atoms. The van der Waals surface area contributed by atoms with Crippen LogP contribution in [0.25, 0.3) is 16.6 Å². The molecule has 2 aromatic heterocycles. The lowest BCUT2D eigenvalue weighted by Gasteiger charge is -2.28. The number of hydrogen-bond acceptors (Lipinski definition) is 4. The molecule has 0 radical (unpaired) electrons. The first kappa shape index (κ1) is 20.3. The van der Waals surface area contributed by atoms with E-state index in [1.807, 2.05) is 44.2 Å². The van der Waals surface area contributed by atoms with Crippen molar-refractivity contribution in [1.82, 2.24) is 24.9 Å². The molecule has 7 nitrogen and oxygen atoms in total. The third-order valence-electron chi connectivity index (χ3n) is 6.26. The third-order valence-corrected chi connectivity index (χ3v) is 6.26. The minimum Gasteiger partial charge on any atom is -0.352 e. The van der Waals surface area contributed by atoms with Gasteiger partial charge >= 0.3 is 0 Å². The highest BCUT2D eigenvalue weighted by Gasteiger charge is 2.26. The molecule has 3 aromatic rings. The van der Waals surface area contributed by atoms with Crippen LogP contribution in [0.3, 0.4) is 0 Å². The number of carbonyl (C=O) groups excluding carboxylic acids is 1. The van der Waals surface area contributed by atoms with Gasteiger partial charge in [-0.3, -0.25) is 9.59 Å². The van der Waals surface area contributed by atoms with Gasteiger partial charge in [0, 0.05) is 6.04 Å². The second kappa shape index (κ2) is 8.05. The van der Waals surface area contributed by atoms with Crippen molar-refractivity contribution in [1.29, 1.82) is 0 Å². The molecule has 0 saturated heterocycles. The molecule has 0 aliphatic heterocycles. The van der Waals surface area contributed by atoms with E-state index in [-0.39, 0.29) is 17.5 Å². The normalized spacial score (nSPS) is 20.3. The fourth-order valence-corrected chi connectivity index (χ4v) is 4.37. The zero-order valence-electron chi connectivity index (χ0n) is 18.1. The number of nitrogens with one attached hydrogen (secondary N) is 1. The Kier molecular flexibility index (Phi) is 5.45. The smallest absolute Gasteiger partial charge is 0.295 e. The lowest BCUT2D eigenvalue weighted by molar-refractivity contribution is -0.125. The SMILES string of the molecule is Cc1nn([C@@H](C)C(=O)NC2CCC(C)CC2)c(=O)c2nn(-c3ccccc3)c(C)c12. The van der Waals surface area contributed by atoms with Gasteiger partial charge in [0.1, 0.15) is 6.04 Å². The zero-order chi connectivity index (χ0) is 21.4. The second-order valence-electron chi connectivity index (χ2n) is 8.53. The molecule has 1 saturated carbocycles. The minimum atomic E-state index is -0.692. The first-order valence-corrected chi connectivity index (χ1v) is 10.7. The lowest BCUT2D eigenvalue weighted by Crippen LogP contribution is -2.43. The highest BCUT2D eigenvalue weighted by atomic mass is 16.2. The molecular formula is C23H29N5O2. The second-order valence-corrected chi connectivity index (χ2v) is 8.53. The van der Waals surface area contributed by atoms with Crippen LogP contribution in [0.15, 0.2) is 35.1 Å². The van der Waals surface area contributed by atoms with Gasteiger partial charge in [-0.15, -0.1) is 0 Å². The van der Waals surface area contributed by atoms with Crippen molar-refractivity contribution in [2.45, 2.75) is 65.5 Å². The van der Waals surface area contributed by atoms with Crippen molar-refractivity contribution in [2.24, 2.45) is 5.92 Å². The number of hydrogen-bond donors (Lipinski definition) is 1. The number of aromatic nitrogens is 4. The average Bonchev–Trinajstić information content (AvgIpc) is 3.10. The summed E-state index contributed by atoms with van der Waals surface area (Å²) in [5.74, 6) is 0.551. The fraction of sp³-hybridized carbons (Fsp3) is 0.478. The van der Waals surface area contributed by atoms with E-state index in [9.17, 15) is 9.59 Å². The Morgan fingerprint density at radius 1 is 1.10 bits per heavy atom. The number of fused-ring (bicyclic) bond motifs is 1. The van der Waals surface area contributed by atoms with E-state index in [1.165, 1.54) is 4.68 Å². The van der Waals surface area contributed by atoms with Crippen molar-refractivity contribution in [2.75, 3.05) is 0 Å². The summed E-state index contributed by atoms with van der Waals surface area (Å²) in [5, 5.41) is 12.9. The summed E-state index contributed by atoms with van der Waals surface area (Å²) in [7, 11) is 0. The summed E-state index contributed by atoms with van der Waals surface area (Å²) in [6.45, 7) is 7.76. The Morgan fingerprint density at radius 2 is 1.77 bits per heavy atom. The summed E-state index contributed by atoms with van der Waals surface area (Å²) in [4.78, 5) is 26.1. The minimum absolute atomic E-state index is 0.165. The Bertz CT molecular complexity index is 1120. The molecule has 1 fully saturated rings. The Hall–Kier alpha value is -2.96. The molecule has 7 heteroatoms. The van der Waals surface area contributed by atoms with Crippen LogP contribution in [0, 0.1) is 19.8 Å². The summed E-state index contributed by atoms with van der Waals surface area (Å²) in [5.41, 5.74) is 2.44. The van der Waals surface area contributed by atoms with Crippen LogP contribution in [0.5, 0.6) is 0 Å². The number of aryl methyl sites for hydroxylation is 2. The van der Waals surface area contributed by atoms with Crippen LogP contribution in [0.1, 0.15) is 57.0 Å². The van der Waals surface area contributed by atoms with Gasteiger partial charge < -0.3 is 5.32 Å². The maximum Gasteiger partial charge on any atom is 0.295 e. The predicted molar refractivity (Wildman–Crippen MR) is 117 cm³/mol. The molecule has 0 bridgehead atoms. The van der Waals surface area contributed by atoms with Gasteiger partial charge in [-0.25, -0.2) is 9.36 Å². The molecule has 1 atom stereocenters. The van der Waals surface area contributed by atoms with Crippen LogP contribution < -0.4 is 10.9 Å². The number of para-hydroxylation sites is 1. The van der Waals surface area contributed by atoms with Gasteiger partial charge in [-0.05, 0) is 64.5 Å². The summed E-state index contributed by atoms with van der Waals surface area (Å²) < 4.78 is 3.04. The van der Waals surface area contributed by atoms with Crippen molar-refractivity contribution in [3.63, 3.8) is 0 Å². The van der Waals surface area contributed by atoms with E-state index in [0.29, 0.717) is 17.1 Å². The van der Waals surface area contributed by atoms with E-state index in [4.69, 9.17) is 0 Å². The first-order chi connectivity index (χ1) is 14.4. The molecule has 1 N–H and O–H groups in total. The molecule has 1 aromatic carbocycles. The lowest BCUT2D eigenvalue weighted by atomic mass is 9.87. The van der Waals surface area contributed by atoms with E-state index in [2.05, 4.69) is 22.4 Å². The topological polar surface area (TPSA) is 81.8 Å². The van der Waals surface area contributed by atoms with Gasteiger partial charge in [0.2, 0.25) is 5.91 Å². The molecule has 0 unspecified atom stereocenters. The third kappa shape index (κ3) is 3.64. The molecule has 158 valence electrons. The maximum atomic E-state index is 13.2. The molecule has 1 amide bonds. The van der Waals surface area contributed by atoms with Gasteiger partial charge in [-0.2, -0.15) is 10.2 Å². The van der Waals surface area contributed by atoms with Gasteiger partial charge in [-0.1, -0.05) is 25.1 Å². The standard InChI is InChI=1S/C23H29N5O2/c1-14-10-12-18(13-11-14)24-22(29)17(4)28-23(30)21-20(15(2)25-28)16(3)27(26-21)19-8-6-5-7-9-19/h5-9,14,17-18H,10-13H2,1-4H3,(H,24,29)/t14?,17-,18?/m0/s1. The summed E-state index contributed by atoms with van der Waals surface area (Å²) >= 11 is 0. The zero-order valence-corrected chi connectivity index (χ0v) is 18.1. The molecule has 4 rings (SSSR count). The molecule has 1 aliphatic rings. The molecule has 30 heavy (non-hydrogen) atoms. The number of rotatable bonds is 4. The van der Waals surface area contributed by atoms with Crippen LogP contribution >= 0.6 is 0 Å². The van der Waals surface area contributed by atoms with Crippen LogP contribution in [-0.2, 0) is 4.79 Å². The van der Waals surface area contributed by atoms with Crippen molar-refractivity contribution in [3.05, 3.63) is 52.1 Å². The number of benzene rings is 1. The average molecular weight is 408 g/mol. The predicted octanol–water partition coefficient (Wildman–Crippen LogP) is 3.45. The largest absolute Gasteiger partial charge is 0.352 e. The quantitative estimate of drug-likeness (QED) is 0.718. The highest BCUT2D eigenvalue weighted by Crippen LogP contribution is 2.24. The van der Waals surface area contributed by atoms with E-state index < -0.39 is 6.04 Å². The molecular weight excluding hydrogens is 378 g/mol. The van der Waals surface area contributed by atoms with E-state index >= 15 is 0 Å². The van der Waals surface area contributed by atoms with E-state index in [0.717, 1.165) is 42.5 Å². The number of carbonyl (C=O) groups is 1. The van der Waals surface area contributed by atoms with Gasteiger partial charge in [0.05, 0.1) is 22.5 Å². The summed E-state index contributed by atoms with van der Waals surface area (Å²) in [6, 6.07) is 9.18. The van der Waals surface area contributed by atoms with Crippen LogP contribution in [-0.4, -0.2) is 31.5 Å². The van der Waals surface area contributed by atoms with Crippen molar-refractivity contribution in [3.8, 4) is 5.69 Å². The van der Waals surface area contributed by atoms with Crippen LogP contribution in [0.4, 0.5) is 0 Å². The monoisotopic (exact) mass is 407 g/mol. The van der Waals surface area contributed by atoms with Crippen molar-refractivity contribution < 1.29 is 4.79 Å². The Morgan fingerprint density at radius 3 is 2.43 bits per heavy atom. The van der Waals surface area contributed by atoms with Gasteiger partial charge in [0.15, 0.2) is 5.52 Å². The highest BCUT2D eigenvalue weighted by molar-refractivity contribution is 5.84. The van der Waals surface area contributed by atoms with Crippen LogP contribution in [0.2, 0.25) is 0 Å². The molecule has 1 aliphatic carbocycles. The van der Waals surface area contributed by atoms with E-state index in [1.54, 1.807) is 11.6 Å². The Balaban J connectivity index is 1.67. The van der Waals surface area contributed by atoms with Crippen molar-refractivity contribution >= 4 is 16.8 Å². The van der Waals surface area contributed by atoms with Gasteiger partial charge in [0.25, 0.3) is 5.56 Å². The number of nitrogens with zero attached hydrogens (tertiary/aromatic N) is 4. The molecule has 2 heterocycles. The number of amides is 1. The maximum absolute atomic E-state index is 13.2. The summed E-state index contributed by atoms with van der Waals surface area (Å²) in [6.07, 6.45) is 4.22. The fourth-order valence-electron chi connectivity index (χ4n) is 4.37. The Labute approximate surface area is 176 Å².